The van der Waals surface area contributed by atoms with E-state index in [2.05, 4.69) is 0 Å². The number of aliphatic hydroxyl groups is 1. The molecular weight excluding hydrogens is 430 g/mol. The largest absolute Gasteiger partial charge is 0.502 e. The van der Waals surface area contributed by atoms with Gasteiger partial charge in [-0.15, -0.1) is 0 Å². The molecule has 4 rings (SSSR count). The van der Waals surface area contributed by atoms with Gasteiger partial charge in [0.1, 0.15) is 22.4 Å². The third-order valence-corrected chi connectivity index (χ3v) is 7.17. The number of benzene rings is 3. The molecule has 0 radical (unpaired) electrons. The van der Waals surface area contributed by atoms with Gasteiger partial charge in [-0.25, -0.2) is 8.42 Å². The van der Waals surface area contributed by atoms with Crippen LogP contribution in [0.5, 0.6) is 11.5 Å². The highest BCUT2D eigenvalue weighted by atomic mass is 32.2. The molecule has 0 saturated heterocycles. The Bertz CT molecular complexity index is 1270. The standard InChI is InChI=1S/C24H21NO6S/c1-30-18-12-8-16(9-13-18)21-23(32(28,29)20-6-4-3-5-7-20)22(26)24(27)25(21)17-10-14-19(31-2)15-11-17/h3-15,21,26H,1-2H3/t21-/m1/s1. The van der Waals surface area contributed by atoms with Gasteiger partial charge in [-0.3, -0.25) is 9.69 Å². The first-order valence-electron chi connectivity index (χ1n) is 9.73. The zero-order chi connectivity index (χ0) is 22.9. The average Bonchev–Trinajstić information content (AvgIpc) is 3.10. The summed E-state index contributed by atoms with van der Waals surface area (Å²) in [4.78, 5) is 14.0. The van der Waals surface area contributed by atoms with Crippen LogP contribution in [0.4, 0.5) is 5.69 Å². The zero-order valence-corrected chi connectivity index (χ0v) is 18.2. The van der Waals surface area contributed by atoms with E-state index in [1.54, 1.807) is 66.7 Å². The maximum atomic E-state index is 13.5. The summed E-state index contributed by atoms with van der Waals surface area (Å²) in [6.45, 7) is 0. The van der Waals surface area contributed by atoms with E-state index in [-0.39, 0.29) is 9.80 Å². The third-order valence-electron chi connectivity index (χ3n) is 5.29. The van der Waals surface area contributed by atoms with Gasteiger partial charge in [0, 0.05) is 5.69 Å². The molecule has 8 heteroatoms. The van der Waals surface area contributed by atoms with Crippen LogP contribution in [0.25, 0.3) is 0 Å². The van der Waals surface area contributed by atoms with Crippen molar-refractivity contribution in [1.29, 1.82) is 0 Å². The second kappa shape index (κ2) is 8.39. The first-order valence-corrected chi connectivity index (χ1v) is 11.2. The first-order chi connectivity index (χ1) is 15.4. The van der Waals surface area contributed by atoms with Crippen LogP contribution in [0.3, 0.4) is 0 Å². The number of carbonyl (C=O) groups excluding carboxylic acids is 1. The lowest BCUT2D eigenvalue weighted by molar-refractivity contribution is -0.117. The number of sulfone groups is 1. The molecule has 0 aliphatic carbocycles. The van der Waals surface area contributed by atoms with E-state index in [9.17, 15) is 18.3 Å². The molecule has 0 unspecified atom stereocenters. The van der Waals surface area contributed by atoms with E-state index in [0.717, 1.165) is 0 Å². The number of hydrogen-bond acceptors (Lipinski definition) is 6. The van der Waals surface area contributed by atoms with Gasteiger partial charge in [0.25, 0.3) is 5.91 Å². The molecule has 0 bridgehead atoms. The number of methoxy groups -OCH3 is 2. The van der Waals surface area contributed by atoms with Crippen LogP contribution in [-0.4, -0.2) is 33.7 Å². The van der Waals surface area contributed by atoms with Crippen LogP contribution in [0.15, 0.2) is 94.4 Å². The zero-order valence-electron chi connectivity index (χ0n) is 17.4. The molecule has 3 aromatic carbocycles. The molecule has 1 heterocycles. The summed E-state index contributed by atoms with van der Waals surface area (Å²) >= 11 is 0. The highest BCUT2D eigenvalue weighted by molar-refractivity contribution is 7.95. The minimum absolute atomic E-state index is 0.00978. The van der Waals surface area contributed by atoms with Crippen LogP contribution in [0.2, 0.25) is 0 Å². The summed E-state index contributed by atoms with van der Waals surface area (Å²) in [5, 5.41) is 10.8. The molecule has 3 aromatic rings. The van der Waals surface area contributed by atoms with Gasteiger partial charge in [0.2, 0.25) is 9.84 Å². The van der Waals surface area contributed by atoms with Crippen molar-refractivity contribution in [2.75, 3.05) is 19.1 Å². The maximum absolute atomic E-state index is 13.5. The van der Waals surface area contributed by atoms with Gasteiger partial charge in [0.05, 0.1) is 19.1 Å². The summed E-state index contributed by atoms with van der Waals surface area (Å²) < 4.78 is 37.4. The number of hydrogen-bond donors (Lipinski definition) is 1. The Labute approximate surface area is 186 Å². The Balaban J connectivity index is 1.91. The normalized spacial score (nSPS) is 16.4. The van der Waals surface area contributed by atoms with Crippen molar-refractivity contribution in [1.82, 2.24) is 0 Å². The summed E-state index contributed by atoms with van der Waals surface area (Å²) in [5.74, 6) is -0.443. The van der Waals surface area contributed by atoms with E-state index in [1.807, 2.05) is 0 Å². The Morgan fingerprint density at radius 2 is 1.34 bits per heavy atom. The molecule has 164 valence electrons. The van der Waals surface area contributed by atoms with Crippen molar-refractivity contribution in [2.45, 2.75) is 10.9 Å². The van der Waals surface area contributed by atoms with E-state index in [4.69, 9.17) is 9.47 Å². The molecule has 32 heavy (non-hydrogen) atoms. The van der Waals surface area contributed by atoms with Crippen LogP contribution in [0.1, 0.15) is 11.6 Å². The molecule has 1 aliphatic heterocycles. The van der Waals surface area contributed by atoms with Crippen molar-refractivity contribution in [3.63, 3.8) is 0 Å². The third kappa shape index (κ3) is 3.58. The van der Waals surface area contributed by atoms with Crippen LogP contribution in [-0.2, 0) is 14.6 Å². The van der Waals surface area contributed by atoms with E-state index in [1.165, 1.54) is 31.3 Å². The van der Waals surface area contributed by atoms with Crippen molar-refractivity contribution in [3.8, 4) is 11.5 Å². The second-order valence-corrected chi connectivity index (χ2v) is 9.00. The van der Waals surface area contributed by atoms with Gasteiger partial charge in [-0.2, -0.15) is 0 Å². The Hall–Kier alpha value is -3.78. The quantitative estimate of drug-likeness (QED) is 0.608. The summed E-state index contributed by atoms with van der Waals surface area (Å²) in [6, 6.07) is 20.0. The number of rotatable bonds is 6. The Morgan fingerprint density at radius 1 is 0.812 bits per heavy atom. The number of carbonyl (C=O) groups is 1. The number of ether oxygens (including phenoxy) is 2. The molecule has 0 fully saturated rings. The fourth-order valence-corrected chi connectivity index (χ4v) is 5.33. The number of anilines is 1. The average molecular weight is 452 g/mol. The number of nitrogens with zero attached hydrogens (tertiary/aromatic N) is 1. The highest BCUT2D eigenvalue weighted by Crippen LogP contribution is 2.45. The van der Waals surface area contributed by atoms with Crippen LogP contribution in [0, 0.1) is 0 Å². The highest BCUT2D eigenvalue weighted by Gasteiger charge is 2.47. The lowest BCUT2D eigenvalue weighted by Crippen LogP contribution is -2.31. The Morgan fingerprint density at radius 3 is 1.88 bits per heavy atom. The van der Waals surface area contributed by atoms with Crippen LogP contribution < -0.4 is 14.4 Å². The lowest BCUT2D eigenvalue weighted by Gasteiger charge is -2.27. The molecule has 1 aliphatic rings. The van der Waals surface area contributed by atoms with Gasteiger partial charge in [-0.1, -0.05) is 30.3 Å². The second-order valence-electron chi connectivity index (χ2n) is 7.08. The minimum Gasteiger partial charge on any atom is -0.502 e. The SMILES string of the molecule is COc1ccc([C@@H]2C(S(=O)(=O)c3ccccc3)=C(O)C(=O)N2c2ccc(OC)cc2)cc1. The van der Waals surface area contributed by atoms with E-state index >= 15 is 0 Å². The summed E-state index contributed by atoms with van der Waals surface area (Å²) in [5.41, 5.74) is 0.926. The van der Waals surface area contributed by atoms with Crippen molar-refractivity contribution in [2.24, 2.45) is 0 Å². The molecular formula is C24H21NO6S. The smallest absolute Gasteiger partial charge is 0.295 e. The van der Waals surface area contributed by atoms with Gasteiger partial charge < -0.3 is 14.6 Å². The molecule has 0 saturated carbocycles. The van der Waals surface area contributed by atoms with Crippen molar-refractivity contribution < 1.29 is 27.8 Å². The molecule has 1 N–H and O–H groups in total. The van der Waals surface area contributed by atoms with Crippen molar-refractivity contribution in [3.05, 3.63) is 95.1 Å². The van der Waals surface area contributed by atoms with Crippen molar-refractivity contribution >= 4 is 21.4 Å². The van der Waals surface area contributed by atoms with Gasteiger partial charge in [0.15, 0.2) is 5.76 Å². The lowest BCUT2D eigenvalue weighted by atomic mass is 10.1. The van der Waals surface area contributed by atoms with Gasteiger partial charge in [-0.05, 0) is 54.1 Å². The molecule has 0 aromatic heterocycles. The first kappa shape index (κ1) is 21.5. The molecule has 0 spiro atoms. The molecule has 1 amide bonds. The minimum atomic E-state index is -4.18. The molecule has 1 atom stereocenters. The maximum Gasteiger partial charge on any atom is 0.295 e. The monoisotopic (exact) mass is 451 g/mol. The van der Waals surface area contributed by atoms with E-state index in [0.29, 0.717) is 22.7 Å². The van der Waals surface area contributed by atoms with E-state index < -0.39 is 27.5 Å². The fraction of sp³-hybridized carbons (Fsp3) is 0.125. The molecule has 7 nitrogen and oxygen atoms in total. The Kier molecular flexibility index (Phi) is 5.63. The van der Waals surface area contributed by atoms with Crippen LogP contribution >= 0.6 is 0 Å². The fourth-order valence-electron chi connectivity index (χ4n) is 3.68. The predicted molar refractivity (Wildman–Crippen MR) is 119 cm³/mol. The predicted octanol–water partition coefficient (Wildman–Crippen LogP) is 4.04. The topological polar surface area (TPSA) is 93.1 Å². The number of amides is 1. The summed E-state index contributed by atoms with van der Waals surface area (Å²) in [6.07, 6.45) is 0. The van der Waals surface area contributed by atoms with Gasteiger partial charge >= 0.3 is 0 Å². The summed E-state index contributed by atoms with van der Waals surface area (Å²) in [7, 11) is -1.13. The number of aliphatic hydroxyl groups excluding tert-OH is 1.